The molecule has 9 aromatic carbocycles. The molecule has 3 heteroatoms. The molecule has 0 spiro atoms. The van der Waals surface area contributed by atoms with Gasteiger partial charge in [0.25, 0.3) is 0 Å². The molecule has 0 amide bonds. The standard InChI is InChI=1S/C50H31NO2/c1-2-10-32(11-3-1)39-12-4-5-13-40(39)33-20-23-36(24-21-33)51(38-26-27-43-41-14-6-8-16-47(41)53-50(43)30-38)37-25-22-34-18-19-35-28-49-46(31-45(35)44(34)29-37)42-15-7-9-17-48(42)52-49/h1-31H. The Balaban J connectivity index is 1.10. The molecule has 11 rings (SSSR count). The van der Waals surface area contributed by atoms with E-state index in [2.05, 4.69) is 169 Å². The van der Waals surface area contributed by atoms with E-state index in [0.29, 0.717) is 0 Å². The van der Waals surface area contributed by atoms with Crippen molar-refractivity contribution in [2.75, 3.05) is 4.90 Å². The third kappa shape index (κ3) is 4.82. The molecule has 2 aromatic heterocycles. The van der Waals surface area contributed by atoms with Crippen molar-refractivity contribution >= 4 is 82.5 Å². The van der Waals surface area contributed by atoms with Gasteiger partial charge in [0.05, 0.1) is 0 Å². The molecular formula is C50H31NO2. The smallest absolute Gasteiger partial charge is 0.137 e. The van der Waals surface area contributed by atoms with E-state index in [1.54, 1.807) is 0 Å². The van der Waals surface area contributed by atoms with E-state index in [-0.39, 0.29) is 0 Å². The fourth-order valence-electron chi connectivity index (χ4n) is 8.09. The fraction of sp³-hybridized carbons (Fsp3) is 0. The molecule has 0 atom stereocenters. The number of anilines is 3. The van der Waals surface area contributed by atoms with Crippen LogP contribution in [0.4, 0.5) is 17.1 Å². The number of rotatable bonds is 5. The first kappa shape index (κ1) is 29.6. The minimum atomic E-state index is 0.863. The molecule has 0 N–H and O–H groups in total. The molecular weight excluding hydrogens is 647 g/mol. The Bertz CT molecular complexity index is 3170. The topological polar surface area (TPSA) is 29.5 Å². The van der Waals surface area contributed by atoms with Gasteiger partial charge < -0.3 is 13.7 Å². The third-order valence-corrected chi connectivity index (χ3v) is 10.6. The molecule has 0 aliphatic heterocycles. The van der Waals surface area contributed by atoms with E-state index in [4.69, 9.17) is 8.83 Å². The molecule has 0 aliphatic carbocycles. The molecule has 53 heavy (non-hydrogen) atoms. The summed E-state index contributed by atoms with van der Waals surface area (Å²) in [5.74, 6) is 0. The van der Waals surface area contributed by atoms with Crippen LogP contribution in [0.1, 0.15) is 0 Å². The zero-order valence-corrected chi connectivity index (χ0v) is 28.7. The molecule has 11 aromatic rings. The van der Waals surface area contributed by atoms with Crippen molar-refractivity contribution in [3.05, 3.63) is 188 Å². The number of benzene rings is 9. The van der Waals surface area contributed by atoms with E-state index < -0.39 is 0 Å². The normalized spacial score (nSPS) is 11.8. The third-order valence-electron chi connectivity index (χ3n) is 10.6. The van der Waals surface area contributed by atoms with Gasteiger partial charge in [-0.1, -0.05) is 121 Å². The van der Waals surface area contributed by atoms with Gasteiger partial charge in [-0.05, 0) is 104 Å². The minimum absolute atomic E-state index is 0.863. The maximum atomic E-state index is 6.41. The van der Waals surface area contributed by atoms with Crippen LogP contribution in [0.5, 0.6) is 0 Å². The Kier molecular flexibility index (Phi) is 6.55. The number of fused-ring (bicyclic) bond motifs is 9. The van der Waals surface area contributed by atoms with E-state index in [9.17, 15) is 0 Å². The number of hydrogen-bond donors (Lipinski definition) is 0. The van der Waals surface area contributed by atoms with Gasteiger partial charge in [-0.25, -0.2) is 0 Å². The molecule has 3 nitrogen and oxygen atoms in total. The van der Waals surface area contributed by atoms with Crippen LogP contribution < -0.4 is 4.90 Å². The lowest BCUT2D eigenvalue weighted by molar-refractivity contribution is 0.669. The van der Waals surface area contributed by atoms with Gasteiger partial charge >= 0.3 is 0 Å². The Hall–Kier alpha value is -7.10. The molecule has 0 saturated heterocycles. The van der Waals surface area contributed by atoms with Gasteiger partial charge in [0, 0.05) is 44.7 Å². The van der Waals surface area contributed by atoms with E-state index >= 15 is 0 Å². The first-order valence-electron chi connectivity index (χ1n) is 18.0. The van der Waals surface area contributed by atoms with Crippen LogP contribution in [0.2, 0.25) is 0 Å². The highest BCUT2D eigenvalue weighted by Gasteiger charge is 2.18. The first-order chi connectivity index (χ1) is 26.2. The van der Waals surface area contributed by atoms with Crippen LogP contribution in [-0.4, -0.2) is 0 Å². The van der Waals surface area contributed by atoms with Gasteiger partial charge in [-0.2, -0.15) is 0 Å². The molecule has 0 radical (unpaired) electrons. The summed E-state index contributed by atoms with van der Waals surface area (Å²) in [6, 6.07) is 66.9. The predicted molar refractivity (Wildman–Crippen MR) is 222 cm³/mol. The second-order valence-electron chi connectivity index (χ2n) is 13.7. The Morgan fingerprint density at radius 2 is 0.792 bits per heavy atom. The quantitative estimate of drug-likeness (QED) is 0.170. The average molecular weight is 678 g/mol. The summed E-state index contributed by atoms with van der Waals surface area (Å²) >= 11 is 0. The predicted octanol–water partition coefficient (Wildman–Crippen LogP) is 14.6. The summed E-state index contributed by atoms with van der Waals surface area (Å²) in [5.41, 5.74) is 11.5. The minimum Gasteiger partial charge on any atom is -0.456 e. The molecule has 0 bridgehead atoms. The van der Waals surface area contributed by atoms with Gasteiger partial charge in [-0.15, -0.1) is 0 Å². The summed E-state index contributed by atoms with van der Waals surface area (Å²) in [5, 5.41) is 9.22. The monoisotopic (exact) mass is 677 g/mol. The largest absolute Gasteiger partial charge is 0.456 e. The highest BCUT2D eigenvalue weighted by molar-refractivity contribution is 6.17. The number of furan rings is 2. The van der Waals surface area contributed by atoms with Crippen LogP contribution >= 0.6 is 0 Å². The lowest BCUT2D eigenvalue weighted by Gasteiger charge is -2.26. The zero-order chi connectivity index (χ0) is 34.9. The first-order valence-corrected chi connectivity index (χ1v) is 18.0. The lowest BCUT2D eigenvalue weighted by Crippen LogP contribution is -2.09. The SMILES string of the molecule is c1ccc(-c2ccccc2-c2ccc(N(c3ccc4c(c3)oc3ccccc34)c3ccc4ccc5cc6oc7ccccc7c6cc5c4c3)cc2)cc1. The molecule has 248 valence electrons. The van der Waals surface area contributed by atoms with Crippen molar-refractivity contribution < 1.29 is 8.83 Å². The van der Waals surface area contributed by atoms with Gasteiger partial charge in [0.2, 0.25) is 0 Å². The maximum absolute atomic E-state index is 6.41. The Labute approximate surface area is 305 Å². The van der Waals surface area contributed by atoms with Crippen molar-refractivity contribution in [1.82, 2.24) is 0 Å². The number of nitrogens with zero attached hydrogens (tertiary/aromatic N) is 1. The van der Waals surface area contributed by atoms with E-state index in [1.165, 1.54) is 38.4 Å². The van der Waals surface area contributed by atoms with Crippen molar-refractivity contribution in [2.24, 2.45) is 0 Å². The second kappa shape index (κ2) is 11.7. The number of hydrogen-bond acceptors (Lipinski definition) is 3. The van der Waals surface area contributed by atoms with Crippen molar-refractivity contribution in [2.45, 2.75) is 0 Å². The molecule has 0 fully saturated rings. The molecule has 0 unspecified atom stereocenters. The van der Waals surface area contributed by atoms with Crippen LogP contribution in [0, 0.1) is 0 Å². The van der Waals surface area contributed by atoms with Crippen LogP contribution in [0.3, 0.4) is 0 Å². The van der Waals surface area contributed by atoms with E-state index in [0.717, 1.165) is 66.3 Å². The number of para-hydroxylation sites is 2. The van der Waals surface area contributed by atoms with E-state index in [1.807, 2.05) is 24.3 Å². The fourth-order valence-corrected chi connectivity index (χ4v) is 8.09. The highest BCUT2D eigenvalue weighted by atomic mass is 16.3. The van der Waals surface area contributed by atoms with Gasteiger partial charge in [-0.3, -0.25) is 0 Å². The van der Waals surface area contributed by atoms with Crippen molar-refractivity contribution in [1.29, 1.82) is 0 Å². The average Bonchev–Trinajstić information content (AvgIpc) is 3.78. The summed E-state index contributed by atoms with van der Waals surface area (Å²) < 4.78 is 12.7. The Morgan fingerprint density at radius 3 is 1.55 bits per heavy atom. The maximum Gasteiger partial charge on any atom is 0.137 e. The van der Waals surface area contributed by atoms with Crippen molar-refractivity contribution in [3.63, 3.8) is 0 Å². The lowest BCUT2D eigenvalue weighted by atomic mass is 9.94. The van der Waals surface area contributed by atoms with Gasteiger partial charge in [0.15, 0.2) is 0 Å². The van der Waals surface area contributed by atoms with Crippen LogP contribution in [0.15, 0.2) is 197 Å². The highest BCUT2D eigenvalue weighted by Crippen LogP contribution is 2.42. The molecule has 0 saturated carbocycles. The zero-order valence-electron chi connectivity index (χ0n) is 28.7. The summed E-state index contributed by atoms with van der Waals surface area (Å²) in [4.78, 5) is 2.34. The second-order valence-corrected chi connectivity index (χ2v) is 13.7. The summed E-state index contributed by atoms with van der Waals surface area (Å²) in [6.07, 6.45) is 0. The van der Waals surface area contributed by atoms with Crippen molar-refractivity contribution in [3.8, 4) is 22.3 Å². The summed E-state index contributed by atoms with van der Waals surface area (Å²) in [7, 11) is 0. The summed E-state index contributed by atoms with van der Waals surface area (Å²) in [6.45, 7) is 0. The Morgan fingerprint density at radius 1 is 0.283 bits per heavy atom. The van der Waals surface area contributed by atoms with Crippen LogP contribution in [0.25, 0.3) is 87.7 Å². The molecule has 2 heterocycles. The van der Waals surface area contributed by atoms with Gasteiger partial charge in [0.1, 0.15) is 22.3 Å². The van der Waals surface area contributed by atoms with Crippen LogP contribution in [-0.2, 0) is 0 Å². The molecule has 0 aliphatic rings.